The lowest BCUT2D eigenvalue weighted by Gasteiger charge is -2.55. The molecule has 6 atom stereocenters. The van der Waals surface area contributed by atoms with Gasteiger partial charge in [-0.25, -0.2) is 0 Å². The second-order valence-corrected chi connectivity index (χ2v) is 9.52. The van der Waals surface area contributed by atoms with Crippen LogP contribution in [-0.2, 0) is 9.59 Å². The summed E-state index contributed by atoms with van der Waals surface area (Å²) in [6, 6.07) is 0. The van der Waals surface area contributed by atoms with Gasteiger partial charge in [-0.05, 0) is 78.8 Å². The lowest BCUT2D eigenvalue weighted by atomic mass is 9.48. The summed E-state index contributed by atoms with van der Waals surface area (Å²) in [7, 11) is 0. The Labute approximate surface area is 152 Å². The first-order chi connectivity index (χ1) is 11.9. The molecule has 2 nitrogen and oxygen atoms in total. The van der Waals surface area contributed by atoms with Crippen molar-refractivity contribution in [3.8, 4) is 0 Å². The molecule has 0 radical (unpaired) electrons. The van der Waals surface area contributed by atoms with E-state index in [0.717, 1.165) is 25.7 Å². The van der Waals surface area contributed by atoms with E-state index in [0.29, 0.717) is 35.7 Å². The molecule has 0 spiro atoms. The van der Waals surface area contributed by atoms with E-state index in [1.54, 1.807) is 0 Å². The highest BCUT2D eigenvalue weighted by Gasteiger charge is 2.58. The van der Waals surface area contributed by atoms with Crippen molar-refractivity contribution in [2.75, 3.05) is 0 Å². The van der Waals surface area contributed by atoms with Crippen LogP contribution >= 0.6 is 0 Å². The zero-order valence-corrected chi connectivity index (χ0v) is 16.0. The van der Waals surface area contributed by atoms with Crippen molar-refractivity contribution in [2.24, 2.45) is 34.5 Å². The zero-order chi connectivity index (χ0) is 17.8. The fourth-order valence-corrected chi connectivity index (χ4v) is 6.95. The van der Waals surface area contributed by atoms with E-state index in [1.165, 1.54) is 24.8 Å². The fraction of sp³-hybridized carbons (Fsp3) is 0.739. The topological polar surface area (TPSA) is 34.1 Å². The second-order valence-electron chi connectivity index (χ2n) is 9.52. The van der Waals surface area contributed by atoms with Crippen LogP contribution in [0.1, 0.15) is 72.1 Å². The fourth-order valence-electron chi connectivity index (χ4n) is 6.95. The van der Waals surface area contributed by atoms with Crippen molar-refractivity contribution in [3.05, 3.63) is 23.8 Å². The number of carbonyl (C=O) groups excluding carboxylic acids is 2. The molecule has 0 aromatic rings. The first kappa shape index (κ1) is 17.2. The molecular formula is C23H32O2. The molecule has 0 aliphatic heterocycles. The first-order valence-corrected chi connectivity index (χ1v) is 10.4. The molecule has 0 aromatic carbocycles. The molecule has 136 valence electrons. The van der Waals surface area contributed by atoms with Gasteiger partial charge < -0.3 is 0 Å². The van der Waals surface area contributed by atoms with Crippen LogP contribution in [0.5, 0.6) is 0 Å². The van der Waals surface area contributed by atoms with Crippen molar-refractivity contribution < 1.29 is 9.59 Å². The quantitative estimate of drug-likeness (QED) is 0.700. The van der Waals surface area contributed by atoms with Gasteiger partial charge in [0.1, 0.15) is 5.78 Å². The predicted octanol–water partition coefficient (Wildman–Crippen LogP) is 5.28. The maximum absolute atomic E-state index is 12.7. The summed E-state index contributed by atoms with van der Waals surface area (Å²) >= 11 is 0. The maximum Gasteiger partial charge on any atom is 0.156 e. The van der Waals surface area contributed by atoms with Gasteiger partial charge in [-0.2, -0.15) is 0 Å². The standard InChI is InChI=1S/C23H32O2/c1-4-5-21(25)20-9-8-18-17-7-6-15-14-16(24)10-12-22(15,2)19(17)11-13-23(18,20)3/h6-7,14,17-20H,4-5,8-13H2,1-3H3/t17-,18-,19-,20+,22-,23-/m0/s1. The van der Waals surface area contributed by atoms with Gasteiger partial charge >= 0.3 is 0 Å². The van der Waals surface area contributed by atoms with Gasteiger partial charge in [0.25, 0.3) is 0 Å². The van der Waals surface area contributed by atoms with Crippen molar-refractivity contribution in [2.45, 2.75) is 72.1 Å². The minimum Gasteiger partial charge on any atom is -0.299 e. The minimum absolute atomic E-state index is 0.167. The molecule has 2 heteroatoms. The third-order valence-electron chi connectivity index (χ3n) is 8.40. The number of allylic oxidation sites excluding steroid dienone is 4. The van der Waals surface area contributed by atoms with Crippen LogP contribution in [0.3, 0.4) is 0 Å². The van der Waals surface area contributed by atoms with Crippen molar-refractivity contribution in [1.82, 2.24) is 0 Å². The van der Waals surface area contributed by atoms with Crippen LogP contribution in [0.4, 0.5) is 0 Å². The molecule has 0 aromatic heterocycles. The molecule has 0 amide bonds. The van der Waals surface area contributed by atoms with Crippen LogP contribution in [0.25, 0.3) is 0 Å². The van der Waals surface area contributed by atoms with Crippen LogP contribution in [-0.4, -0.2) is 11.6 Å². The van der Waals surface area contributed by atoms with Gasteiger partial charge in [-0.1, -0.05) is 32.9 Å². The Bertz CT molecular complexity index is 657. The SMILES string of the molecule is CCCC(=O)[C@H]1CC[C@H]2[C@@H]3C=CC4=CC(=O)CC[C@]4(C)[C@H]3CC[C@]12C. The molecule has 0 unspecified atom stereocenters. The van der Waals surface area contributed by atoms with Crippen LogP contribution in [0, 0.1) is 34.5 Å². The third-order valence-corrected chi connectivity index (χ3v) is 8.40. The molecule has 0 N–H and O–H groups in total. The predicted molar refractivity (Wildman–Crippen MR) is 100 cm³/mol. The average molecular weight is 341 g/mol. The van der Waals surface area contributed by atoms with Crippen molar-refractivity contribution in [3.63, 3.8) is 0 Å². The number of ketones is 2. The third kappa shape index (κ3) is 2.43. The zero-order valence-electron chi connectivity index (χ0n) is 16.0. The number of hydrogen-bond donors (Lipinski definition) is 0. The summed E-state index contributed by atoms with van der Waals surface area (Å²) < 4.78 is 0. The molecule has 2 saturated carbocycles. The number of Topliss-reactive ketones (excluding diaryl/α,β-unsaturated/α-hetero) is 1. The lowest BCUT2D eigenvalue weighted by molar-refractivity contribution is -0.129. The molecular weight excluding hydrogens is 308 g/mol. The summed E-state index contributed by atoms with van der Waals surface area (Å²) in [6.07, 6.45) is 14.7. The summed E-state index contributed by atoms with van der Waals surface area (Å²) in [6.45, 7) is 6.92. The van der Waals surface area contributed by atoms with Gasteiger partial charge in [0, 0.05) is 18.8 Å². The first-order valence-electron chi connectivity index (χ1n) is 10.4. The molecule has 2 fully saturated rings. The number of carbonyl (C=O) groups is 2. The van der Waals surface area contributed by atoms with E-state index >= 15 is 0 Å². The van der Waals surface area contributed by atoms with E-state index in [1.807, 2.05) is 6.08 Å². The lowest BCUT2D eigenvalue weighted by Crippen LogP contribution is -2.49. The molecule has 25 heavy (non-hydrogen) atoms. The van der Waals surface area contributed by atoms with Crippen molar-refractivity contribution in [1.29, 1.82) is 0 Å². The highest BCUT2D eigenvalue weighted by Crippen LogP contribution is 2.65. The Balaban J connectivity index is 1.66. The monoisotopic (exact) mass is 340 g/mol. The minimum atomic E-state index is 0.167. The van der Waals surface area contributed by atoms with Gasteiger partial charge in [0.15, 0.2) is 5.78 Å². The Morgan fingerprint density at radius 2 is 1.96 bits per heavy atom. The number of rotatable bonds is 3. The molecule has 4 aliphatic rings. The van der Waals surface area contributed by atoms with Gasteiger partial charge in [-0.15, -0.1) is 0 Å². The maximum atomic E-state index is 12.7. The summed E-state index contributed by atoms with van der Waals surface area (Å²) in [5, 5.41) is 0. The van der Waals surface area contributed by atoms with Gasteiger partial charge in [-0.3, -0.25) is 9.59 Å². The smallest absolute Gasteiger partial charge is 0.156 e. The van der Waals surface area contributed by atoms with E-state index in [4.69, 9.17) is 0 Å². The van der Waals surface area contributed by atoms with E-state index in [-0.39, 0.29) is 16.7 Å². The number of hydrogen-bond acceptors (Lipinski definition) is 2. The molecule has 0 saturated heterocycles. The molecule has 0 heterocycles. The molecule has 4 rings (SSSR count). The Hall–Kier alpha value is -1.18. The highest BCUT2D eigenvalue weighted by molar-refractivity contribution is 5.92. The van der Waals surface area contributed by atoms with Crippen LogP contribution in [0.2, 0.25) is 0 Å². The summed E-state index contributed by atoms with van der Waals surface area (Å²) in [4.78, 5) is 24.6. The van der Waals surface area contributed by atoms with Gasteiger partial charge in [0.2, 0.25) is 0 Å². The van der Waals surface area contributed by atoms with Crippen LogP contribution in [0.15, 0.2) is 23.8 Å². The molecule has 4 aliphatic carbocycles. The summed E-state index contributed by atoms with van der Waals surface area (Å²) in [5.41, 5.74) is 1.63. The normalized spacial score (nSPS) is 45.4. The van der Waals surface area contributed by atoms with E-state index in [2.05, 4.69) is 32.9 Å². The van der Waals surface area contributed by atoms with Crippen LogP contribution < -0.4 is 0 Å². The Morgan fingerprint density at radius 1 is 1.16 bits per heavy atom. The second kappa shape index (κ2) is 5.93. The summed E-state index contributed by atoms with van der Waals surface area (Å²) in [5.74, 6) is 2.97. The Kier molecular flexibility index (Phi) is 4.09. The van der Waals surface area contributed by atoms with E-state index in [9.17, 15) is 9.59 Å². The average Bonchev–Trinajstić information content (AvgIpc) is 2.93. The molecule has 0 bridgehead atoms. The Morgan fingerprint density at radius 3 is 2.72 bits per heavy atom. The number of fused-ring (bicyclic) bond motifs is 5. The largest absolute Gasteiger partial charge is 0.299 e. The van der Waals surface area contributed by atoms with E-state index < -0.39 is 0 Å². The van der Waals surface area contributed by atoms with Gasteiger partial charge in [0.05, 0.1) is 0 Å². The van der Waals surface area contributed by atoms with Crippen molar-refractivity contribution >= 4 is 11.6 Å². The highest BCUT2D eigenvalue weighted by atomic mass is 16.1.